The average Bonchev–Trinajstić information content (AvgIpc) is 3.03. The Morgan fingerprint density at radius 3 is 2.74 bits per heavy atom. The molecule has 104 valence electrons. The van der Waals surface area contributed by atoms with E-state index in [0.29, 0.717) is 25.9 Å². The van der Waals surface area contributed by atoms with Crippen molar-refractivity contribution in [1.29, 1.82) is 0 Å². The van der Waals surface area contributed by atoms with Gasteiger partial charge >= 0.3 is 0 Å². The smallest absolute Gasteiger partial charge is 0.292 e. The first-order valence-electron chi connectivity index (χ1n) is 6.17. The highest BCUT2D eigenvalue weighted by Gasteiger charge is 2.47. The number of carbonyl (C=O) groups is 1. The van der Waals surface area contributed by atoms with Crippen LogP contribution in [0.5, 0.6) is 0 Å². The van der Waals surface area contributed by atoms with Crippen LogP contribution in [0.2, 0.25) is 0 Å². The maximum absolute atomic E-state index is 12.2. The molecule has 1 aromatic heterocycles. The minimum atomic E-state index is -3.20. The Bertz CT molecular complexity index is 583. The van der Waals surface area contributed by atoms with Crippen molar-refractivity contribution in [3.8, 4) is 0 Å². The topological polar surface area (TPSA) is 83.7 Å². The summed E-state index contributed by atoms with van der Waals surface area (Å²) in [6, 6.07) is 1.38. The second kappa shape index (κ2) is 4.31. The van der Waals surface area contributed by atoms with E-state index in [2.05, 4.69) is 5.16 Å². The maximum Gasteiger partial charge on any atom is 0.292 e. The van der Waals surface area contributed by atoms with Gasteiger partial charge in [0.1, 0.15) is 0 Å². The average molecular weight is 285 g/mol. The van der Waals surface area contributed by atoms with Crippen LogP contribution in [0.15, 0.2) is 16.8 Å². The fourth-order valence-corrected chi connectivity index (χ4v) is 4.25. The maximum atomic E-state index is 12.2. The zero-order valence-corrected chi connectivity index (χ0v) is 11.3. The van der Waals surface area contributed by atoms with Gasteiger partial charge < -0.3 is 9.42 Å². The molecule has 2 aliphatic heterocycles. The normalized spacial score (nSPS) is 27.7. The molecule has 7 nitrogen and oxygen atoms in total. The van der Waals surface area contributed by atoms with Gasteiger partial charge in [-0.25, -0.2) is 8.42 Å². The third-order valence-electron chi connectivity index (χ3n) is 3.86. The number of hydrogen-bond donors (Lipinski definition) is 0. The summed E-state index contributed by atoms with van der Waals surface area (Å²) >= 11 is 0. The Hall–Kier alpha value is -1.41. The van der Waals surface area contributed by atoms with Crippen LogP contribution >= 0.6 is 0 Å². The predicted octanol–water partition coefficient (Wildman–Crippen LogP) is -0.0770. The van der Waals surface area contributed by atoms with Gasteiger partial charge in [-0.05, 0) is 12.8 Å². The number of likely N-dealkylation sites (tertiary alicyclic amines) is 1. The molecule has 0 aliphatic carbocycles. The quantitative estimate of drug-likeness (QED) is 0.759. The van der Waals surface area contributed by atoms with Crippen LogP contribution < -0.4 is 0 Å². The molecular formula is C11H15N3O4S. The SMILES string of the molecule is CS(=O)(=O)N1CC[C@@H]2[C@@H]1CCN2C(=O)c1ccno1. The lowest BCUT2D eigenvalue weighted by Crippen LogP contribution is -2.41. The zero-order valence-electron chi connectivity index (χ0n) is 10.5. The van der Waals surface area contributed by atoms with E-state index in [-0.39, 0.29) is 23.8 Å². The van der Waals surface area contributed by atoms with Crippen molar-refractivity contribution in [2.24, 2.45) is 0 Å². The monoisotopic (exact) mass is 285 g/mol. The van der Waals surface area contributed by atoms with Gasteiger partial charge in [0.2, 0.25) is 15.8 Å². The van der Waals surface area contributed by atoms with Crippen molar-refractivity contribution >= 4 is 15.9 Å². The first kappa shape index (κ1) is 12.6. The standard InChI is InChI=1S/C11H15N3O4S/c1-19(16,17)14-7-4-8-9(14)3-6-13(8)11(15)10-2-5-12-18-10/h2,5,8-9H,3-4,6-7H2,1H3/t8-,9+/m1/s1. The number of aromatic nitrogens is 1. The van der Waals surface area contributed by atoms with Crippen molar-refractivity contribution in [3.63, 3.8) is 0 Å². The van der Waals surface area contributed by atoms with E-state index < -0.39 is 10.0 Å². The summed E-state index contributed by atoms with van der Waals surface area (Å²) in [4.78, 5) is 13.9. The Kier molecular flexibility index (Phi) is 2.86. The van der Waals surface area contributed by atoms with Gasteiger partial charge in [0, 0.05) is 25.2 Å². The third-order valence-corrected chi connectivity index (χ3v) is 5.17. The second-order valence-corrected chi connectivity index (χ2v) is 6.90. The van der Waals surface area contributed by atoms with Gasteiger partial charge in [-0.1, -0.05) is 5.16 Å². The van der Waals surface area contributed by atoms with Crippen LogP contribution in [0.1, 0.15) is 23.4 Å². The molecule has 0 saturated carbocycles. The molecule has 2 saturated heterocycles. The fraction of sp³-hybridized carbons (Fsp3) is 0.636. The molecule has 8 heteroatoms. The summed E-state index contributed by atoms with van der Waals surface area (Å²) < 4.78 is 29.7. The van der Waals surface area contributed by atoms with Crippen LogP contribution in [0.3, 0.4) is 0 Å². The van der Waals surface area contributed by atoms with Gasteiger partial charge in [-0.2, -0.15) is 4.31 Å². The van der Waals surface area contributed by atoms with Gasteiger partial charge in [-0.15, -0.1) is 0 Å². The minimum Gasteiger partial charge on any atom is -0.351 e. The number of rotatable bonds is 2. The van der Waals surface area contributed by atoms with Crippen molar-refractivity contribution in [2.75, 3.05) is 19.3 Å². The van der Waals surface area contributed by atoms with E-state index >= 15 is 0 Å². The molecule has 3 rings (SSSR count). The van der Waals surface area contributed by atoms with Crippen LogP contribution in [0, 0.1) is 0 Å². The van der Waals surface area contributed by atoms with E-state index in [4.69, 9.17) is 4.52 Å². The number of hydrogen-bond acceptors (Lipinski definition) is 5. The largest absolute Gasteiger partial charge is 0.351 e. The fourth-order valence-electron chi connectivity index (χ4n) is 3.08. The third kappa shape index (κ3) is 2.04. The number of sulfonamides is 1. The second-order valence-electron chi connectivity index (χ2n) is 4.96. The zero-order chi connectivity index (χ0) is 13.6. The lowest BCUT2D eigenvalue weighted by molar-refractivity contribution is 0.0693. The van der Waals surface area contributed by atoms with E-state index in [1.54, 1.807) is 4.90 Å². The van der Waals surface area contributed by atoms with Crippen LogP contribution in [-0.2, 0) is 10.0 Å². The van der Waals surface area contributed by atoms with Crippen molar-refractivity contribution in [3.05, 3.63) is 18.0 Å². The Morgan fingerprint density at radius 2 is 2.11 bits per heavy atom. The summed E-state index contributed by atoms with van der Waals surface area (Å²) in [6.07, 6.45) is 4.00. The van der Waals surface area contributed by atoms with Crippen molar-refractivity contribution < 1.29 is 17.7 Å². The molecule has 0 aromatic carbocycles. The van der Waals surface area contributed by atoms with E-state index in [9.17, 15) is 13.2 Å². The highest BCUT2D eigenvalue weighted by molar-refractivity contribution is 7.88. The highest BCUT2D eigenvalue weighted by Crippen LogP contribution is 2.33. The lowest BCUT2D eigenvalue weighted by Gasteiger charge is -2.23. The van der Waals surface area contributed by atoms with Gasteiger partial charge in [0.25, 0.3) is 5.91 Å². The van der Waals surface area contributed by atoms with Crippen LogP contribution in [-0.4, -0.2) is 60.1 Å². The number of carbonyl (C=O) groups excluding carboxylic acids is 1. The van der Waals surface area contributed by atoms with Crippen molar-refractivity contribution in [2.45, 2.75) is 24.9 Å². The molecule has 0 radical (unpaired) electrons. The Balaban J connectivity index is 1.81. The minimum absolute atomic E-state index is 0.0488. The van der Waals surface area contributed by atoms with E-state index in [1.807, 2.05) is 0 Å². The molecule has 0 N–H and O–H groups in total. The van der Waals surface area contributed by atoms with Gasteiger partial charge in [0.05, 0.1) is 18.5 Å². The molecule has 0 unspecified atom stereocenters. The molecule has 2 atom stereocenters. The molecule has 0 bridgehead atoms. The molecule has 2 fully saturated rings. The molecule has 3 heterocycles. The van der Waals surface area contributed by atoms with E-state index in [0.717, 1.165) is 0 Å². The summed E-state index contributed by atoms with van der Waals surface area (Å²) in [6.45, 7) is 1.04. The van der Waals surface area contributed by atoms with E-state index in [1.165, 1.54) is 22.8 Å². The van der Waals surface area contributed by atoms with Gasteiger partial charge in [-0.3, -0.25) is 4.79 Å². The number of fused-ring (bicyclic) bond motifs is 1. The number of amides is 1. The van der Waals surface area contributed by atoms with Gasteiger partial charge in [0.15, 0.2) is 0 Å². The predicted molar refractivity (Wildman–Crippen MR) is 65.9 cm³/mol. The van der Waals surface area contributed by atoms with Crippen LogP contribution in [0.25, 0.3) is 0 Å². The lowest BCUT2D eigenvalue weighted by atomic mass is 10.1. The summed E-state index contributed by atoms with van der Waals surface area (Å²) in [5, 5.41) is 3.53. The molecule has 1 amide bonds. The molecular weight excluding hydrogens is 270 g/mol. The summed E-state index contributed by atoms with van der Waals surface area (Å²) in [5.41, 5.74) is 0. The number of nitrogens with zero attached hydrogens (tertiary/aromatic N) is 3. The molecule has 19 heavy (non-hydrogen) atoms. The first-order chi connectivity index (χ1) is 8.98. The summed E-state index contributed by atoms with van der Waals surface area (Å²) in [7, 11) is -3.20. The molecule has 0 spiro atoms. The highest BCUT2D eigenvalue weighted by atomic mass is 32.2. The first-order valence-corrected chi connectivity index (χ1v) is 8.02. The molecule has 1 aromatic rings. The van der Waals surface area contributed by atoms with Crippen LogP contribution in [0.4, 0.5) is 0 Å². The summed E-state index contributed by atoms with van der Waals surface area (Å²) in [5.74, 6) is -0.00110. The Labute approximate surface area is 111 Å². The molecule has 2 aliphatic rings. The Morgan fingerprint density at radius 1 is 1.37 bits per heavy atom. The van der Waals surface area contributed by atoms with Crippen molar-refractivity contribution in [1.82, 2.24) is 14.4 Å².